The van der Waals surface area contributed by atoms with E-state index in [4.69, 9.17) is 0 Å². The van der Waals surface area contributed by atoms with Crippen LogP contribution in [0.25, 0.3) is 0 Å². The zero-order chi connectivity index (χ0) is 17.8. The van der Waals surface area contributed by atoms with Gasteiger partial charge in [-0.15, -0.1) is 11.3 Å². The summed E-state index contributed by atoms with van der Waals surface area (Å²) in [6, 6.07) is 1.64. The van der Waals surface area contributed by atoms with Crippen LogP contribution in [0.4, 0.5) is 10.9 Å². The van der Waals surface area contributed by atoms with Crippen molar-refractivity contribution < 1.29 is 4.79 Å². The Bertz CT molecular complexity index is 871. The summed E-state index contributed by atoms with van der Waals surface area (Å²) in [5, 5.41) is 5.86. The second-order valence-corrected chi connectivity index (χ2v) is 6.73. The van der Waals surface area contributed by atoms with E-state index in [1.165, 1.54) is 11.3 Å². The van der Waals surface area contributed by atoms with E-state index >= 15 is 0 Å². The minimum absolute atomic E-state index is 0.0614. The summed E-state index contributed by atoms with van der Waals surface area (Å²) in [6.45, 7) is 0.687. The maximum Gasteiger partial charge on any atom is 0.292 e. The number of nitrogens with zero attached hydrogens (tertiary/aromatic N) is 6. The molecule has 132 valence electrons. The molecule has 3 aromatic heterocycles. The smallest absolute Gasteiger partial charge is 0.292 e. The molecule has 0 saturated carbocycles. The van der Waals surface area contributed by atoms with Crippen molar-refractivity contribution in [3.63, 3.8) is 0 Å². The van der Waals surface area contributed by atoms with E-state index in [0.717, 1.165) is 30.1 Å². The fourth-order valence-corrected chi connectivity index (χ4v) is 3.75. The number of amides is 1. The molecule has 1 aliphatic rings. The average Bonchev–Trinajstić information content (AvgIpc) is 3.17. The van der Waals surface area contributed by atoms with Gasteiger partial charge in [0, 0.05) is 36.7 Å². The molecule has 1 fully saturated rings. The summed E-state index contributed by atoms with van der Waals surface area (Å²) in [4.78, 5) is 35.7. The second kappa shape index (κ2) is 7.52. The number of nitrogens with one attached hydrogen (secondary N) is 1. The van der Waals surface area contributed by atoms with E-state index in [-0.39, 0.29) is 17.8 Å². The van der Waals surface area contributed by atoms with Crippen LogP contribution in [0.2, 0.25) is 0 Å². The molecule has 0 radical (unpaired) electrons. The van der Waals surface area contributed by atoms with E-state index in [2.05, 4.69) is 30.2 Å². The monoisotopic (exact) mass is 367 g/mol. The summed E-state index contributed by atoms with van der Waals surface area (Å²) < 4.78 is 0. The maximum absolute atomic E-state index is 12.8. The Morgan fingerprint density at radius 2 is 2.04 bits per heavy atom. The van der Waals surface area contributed by atoms with Gasteiger partial charge in [0.2, 0.25) is 5.82 Å². The van der Waals surface area contributed by atoms with Crippen LogP contribution in [-0.2, 0) is 0 Å². The molecular formula is C17H17N7OS. The fraction of sp³-hybridized carbons (Fsp3) is 0.294. The largest absolute Gasteiger partial charge is 0.327 e. The van der Waals surface area contributed by atoms with Gasteiger partial charge in [-0.25, -0.2) is 19.9 Å². The summed E-state index contributed by atoms with van der Waals surface area (Å²) in [5.41, 5.74) is 0.880. The number of aromatic nitrogens is 5. The molecule has 1 N–H and O–H groups in total. The van der Waals surface area contributed by atoms with Crippen molar-refractivity contribution in [3.05, 3.63) is 53.9 Å². The number of piperidine rings is 1. The molecule has 26 heavy (non-hydrogen) atoms. The van der Waals surface area contributed by atoms with Crippen molar-refractivity contribution >= 4 is 28.2 Å². The van der Waals surface area contributed by atoms with Crippen molar-refractivity contribution in [2.24, 2.45) is 0 Å². The Kier molecular flexibility index (Phi) is 4.78. The number of likely N-dealkylation sites (tertiary alicyclic amines) is 1. The van der Waals surface area contributed by atoms with Crippen molar-refractivity contribution in [3.8, 4) is 0 Å². The van der Waals surface area contributed by atoms with Crippen LogP contribution in [0.3, 0.4) is 0 Å². The Hall–Kier alpha value is -2.94. The first-order valence-corrected chi connectivity index (χ1v) is 9.25. The van der Waals surface area contributed by atoms with Gasteiger partial charge < -0.3 is 10.2 Å². The zero-order valence-corrected chi connectivity index (χ0v) is 14.8. The minimum Gasteiger partial charge on any atom is -0.327 e. The van der Waals surface area contributed by atoms with E-state index < -0.39 is 0 Å². The zero-order valence-electron chi connectivity index (χ0n) is 13.9. The molecule has 0 spiro atoms. The second-order valence-electron chi connectivity index (χ2n) is 5.88. The Morgan fingerprint density at radius 3 is 2.85 bits per heavy atom. The molecule has 0 aliphatic carbocycles. The molecule has 1 unspecified atom stereocenters. The summed E-state index contributed by atoms with van der Waals surface area (Å²) in [5.74, 6) is 0.724. The molecule has 0 bridgehead atoms. The first kappa shape index (κ1) is 16.5. The van der Waals surface area contributed by atoms with Crippen LogP contribution in [0.15, 0.2) is 42.4 Å². The third-order valence-electron chi connectivity index (χ3n) is 4.18. The molecule has 4 heterocycles. The Labute approximate surface area is 154 Å². The van der Waals surface area contributed by atoms with Gasteiger partial charge in [-0.1, -0.05) is 0 Å². The van der Waals surface area contributed by atoms with E-state index in [0.29, 0.717) is 12.4 Å². The lowest BCUT2D eigenvalue weighted by Gasteiger charge is -2.34. The predicted octanol–water partition coefficient (Wildman–Crippen LogP) is 2.83. The molecule has 1 amide bonds. The SMILES string of the molecule is O=C(c1ncccn1)N1CCCCC1c1csc(Nc2cnccn2)n1. The van der Waals surface area contributed by atoms with Gasteiger partial charge in [0.1, 0.15) is 0 Å². The quantitative estimate of drug-likeness (QED) is 0.757. The molecule has 0 aromatic carbocycles. The number of thiazole rings is 1. The van der Waals surface area contributed by atoms with Gasteiger partial charge in [0.05, 0.1) is 17.9 Å². The van der Waals surface area contributed by atoms with Crippen molar-refractivity contribution in [1.82, 2.24) is 29.8 Å². The van der Waals surface area contributed by atoms with Crippen molar-refractivity contribution in [2.75, 3.05) is 11.9 Å². The summed E-state index contributed by atoms with van der Waals surface area (Å²) >= 11 is 1.49. The molecule has 1 saturated heterocycles. The highest BCUT2D eigenvalue weighted by atomic mass is 32.1. The first-order valence-electron chi connectivity index (χ1n) is 8.38. The van der Waals surface area contributed by atoms with Crippen LogP contribution < -0.4 is 5.32 Å². The van der Waals surface area contributed by atoms with Crippen molar-refractivity contribution in [1.29, 1.82) is 0 Å². The predicted molar refractivity (Wildman–Crippen MR) is 97.1 cm³/mol. The van der Waals surface area contributed by atoms with Crippen LogP contribution >= 0.6 is 11.3 Å². The lowest BCUT2D eigenvalue weighted by atomic mass is 10.00. The van der Waals surface area contributed by atoms with E-state index in [9.17, 15) is 4.79 Å². The number of anilines is 2. The van der Waals surface area contributed by atoms with Crippen molar-refractivity contribution in [2.45, 2.75) is 25.3 Å². The van der Waals surface area contributed by atoms with Gasteiger partial charge in [-0.3, -0.25) is 9.78 Å². The third-order valence-corrected chi connectivity index (χ3v) is 4.96. The molecular weight excluding hydrogens is 350 g/mol. The van der Waals surface area contributed by atoms with Gasteiger partial charge in [0.25, 0.3) is 5.91 Å². The van der Waals surface area contributed by atoms with Gasteiger partial charge in [0.15, 0.2) is 10.9 Å². The minimum atomic E-state index is -0.147. The normalized spacial score (nSPS) is 17.1. The van der Waals surface area contributed by atoms with Crippen LogP contribution in [0.5, 0.6) is 0 Å². The standard InChI is InChI=1S/C17H17N7OS/c25-16(15-20-5-3-6-21-15)24-9-2-1-4-13(24)12-11-26-17(22-12)23-14-10-18-7-8-19-14/h3,5-8,10-11,13H,1-2,4,9H2,(H,19,22,23). The van der Waals surface area contributed by atoms with E-state index in [1.807, 2.05) is 10.3 Å². The Balaban J connectivity index is 1.54. The van der Waals surface area contributed by atoms with Crippen LogP contribution in [0, 0.1) is 0 Å². The molecule has 1 atom stereocenters. The number of hydrogen-bond acceptors (Lipinski definition) is 8. The third kappa shape index (κ3) is 3.52. The lowest BCUT2D eigenvalue weighted by Crippen LogP contribution is -2.39. The number of carbonyl (C=O) groups excluding carboxylic acids is 1. The van der Waals surface area contributed by atoms with Gasteiger partial charge in [-0.2, -0.15) is 0 Å². The highest BCUT2D eigenvalue weighted by Gasteiger charge is 2.31. The molecule has 4 rings (SSSR count). The molecule has 3 aromatic rings. The number of carbonyl (C=O) groups is 1. The first-order chi connectivity index (χ1) is 12.8. The number of rotatable bonds is 4. The summed E-state index contributed by atoms with van der Waals surface area (Å²) in [6.07, 6.45) is 11.0. The average molecular weight is 367 g/mol. The lowest BCUT2D eigenvalue weighted by molar-refractivity contribution is 0.0594. The van der Waals surface area contributed by atoms with Gasteiger partial charge >= 0.3 is 0 Å². The topological polar surface area (TPSA) is 96.8 Å². The maximum atomic E-state index is 12.8. The molecule has 8 nitrogen and oxygen atoms in total. The molecule has 9 heteroatoms. The highest BCUT2D eigenvalue weighted by Crippen LogP contribution is 2.33. The number of hydrogen-bond donors (Lipinski definition) is 1. The Morgan fingerprint density at radius 1 is 1.15 bits per heavy atom. The fourth-order valence-electron chi connectivity index (χ4n) is 2.99. The van der Waals surface area contributed by atoms with E-state index in [1.54, 1.807) is 37.1 Å². The van der Waals surface area contributed by atoms with Crippen LogP contribution in [-0.4, -0.2) is 42.3 Å². The molecule has 1 aliphatic heterocycles. The summed E-state index contributed by atoms with van der Waals surface area (Å²) in [7, 11) is 0. The highest BCUT2D eigenvalue weighted by molar-refractivity contribution is 7.13. The van der Waals surface area contributed by atoms with Crippen LogP contribution in [0.1, 0.15) is 41.6 Å². The van der Waals surface area contributed by atoms with Gasteiger partial charge in [-0.05, 0) is 25.3 Å².